The van der Waals surface area contributed by atoms with E-state index in [1.807, 2.05) is 30.3 Å². The second-order valence-electron chi connectivity index (χ2n) is 8.39. The Balaban J connectivity index is 1.52. The molecule has 3 aromatic carbocycles. The van der Waals surface area contributed by atoms with E-state index in [0.717, 1.165) is 11.1 Å². The first kappa shape index (κ1) is 19.9. The first-order chi connectivity index (χ1) is 16.1. The van der Waals surface area contributed by atoms with Crippen LogP contribution in [-0.4, -0.2) is 34.9 Å². The predicted molar refractivity (Wildman–Crippen MR) is 124 cm³/mol. The third-order valence-electron chi connectivity index (χ3n) is 6.72. The summed E-state index contributed by atoms with van der Waals surface area (Å²) in [6, 6.07) is 21.8. The summed E-state index contributed by atoms with van der Waals surface area (Å²) in [5.41, 5.74) is 2.58. The van der Waals surface area contributed by atoms with Gasteiger partial charge in [0.1, 0.15) is 6.04 Å². The molecule has 162 valence electrons. The van der Waals surface area contributed by atoms with Gasteiger partial charge in [-0.05, 0) is 35.4 Å². The number of para-hydroxylation sites is 1. The normalized spacial score (nSPS) is 25.1. The van der Waals surface area contributed by atoms with Crippen molar-refractivity contribution in [1.29, 1.82) is 0 Å². The van der Waals surface area contributed by atoms with E-state index in [4.69, 9.17) is 11.6 Å². The summed E-state index contributed by atoms with van der Waals surface area (Å²) in [6.45, 7) is 0. The van der Waals surface area contributed by atoms with Gasteiger partial charge in [-0.3, -0.25) is 19.4 Å². The number of hydrogen-bond acceptors (Lipinski definition) is 5. The van der Waals surface area contributed by atoms with Crippen LogP contribution in [0.15, 0.2) is 84.0 Å². The van der Waals surface area contributed by atoms with Crippen molar-refractivity contribution < 1.29 is 14.4 Å². The third-order valence-corrected chi connectivity index (χ3v) is 7.05. The molecule has 0 unspecified atom stereocenters. The molecule has 0 radical (unpaired) electrons. The number of ketones is 1. The van der Waals surface area contributed by atoms with Crippen LogP contribution in [0.1, 0.15) is 27.5 Å². The third kappa shape index (κ3) is 2.80. The van der Waals surface area contributed by atoms with Crippen LogP contribution in [0.4, 0.5) is 5.69 Å². The van der Waals surface area contributed by atoms with Crippen molar-refractivity contribution in [2.24, 2.45) is 16.9 Å². The van der Waals surface area contributed by atoms with Gasteiger partial charge in [0.05, 0.1) is 34.8 Å². The fourth-order valence-electron chi connectivity index (χ4n) is 5.32. The summed E-state index contributed by atoms with van der Waals surface area (Å²) in [6.07, 6.45) is 1.68. The molecule has 2 amide bonds. The standard InChI is InChI=1S/C26H18ClN3O3/c27-19-13-7-6-12-18(19)24(31)23-21-20(22-17-11-5-4-8-15(17)14-28-30(22)23)25(32)29(26(21)33)16-9-2-1-3-10-16/h1-14,20-23H/t20-,21-,22+,23+/m1/s1. The zero-order valence-electron chi connectivity index (χ0n) is 17.3. The molecule has 0 N–H and O–H groups in total. The number of Topliss-reactive ketones (excluding diaryl/α,β-unsaturated/α-hetero) is 1. The van der Waals surface area contributed by atoms with Crippen LogP contribution < -0.4 is 4.90 Å². The number of amides is 2. The smallest absolute Gasteiger partial charge is 0.240 e. The van der Waals surface area contributed by atoms with Crippen LogP contribution in [-0.2, 0) is 9.59 Å². The highest BCUT2D eigenvalue weighted by atomic mass is 35.5. The average molecular weight is 456 g/mol. The highest BCUT2D eigenvalue weighted by molar-refractivity contribution is 6.34. The number of anilines is 1. The highest BCUT2D eigenvalue weighted by Crippen LogP contribution is 2.53. The number of hydrazone groups is 1. The summed E-state index contributed by atoms with van der Waals surface area (Å²) in [5, 5.41) is 6.51. The van der Waals surface area contributed by atoms with E-state index in [1.165, 1.54) is 4.90 Å². The number of carbonyl (C=O) groups is 3. The molecule has 6 nitrogen and oxygen atoms in total. The molecule has 3 heterocycles. The van der Waals surface area contributed by atoms with E-state index in [9.17, 15) is 14.4 Å². The molecule has 0 aliphatic carbocycles. The Morgan fingerprint density at radius 2 is 1.48 bits per heavy atom. The molecule has 0 aromatic heterocycles. The van der Waals surface area contributed by atoms with Crippen molar-refractivity contribution in [2.45, 2.75) is 12.1 Å². The minimum absolute atomic E-state index is 0.306. The highest BCUT2D eigenvalue weighted by Gasteiger charge is 2.65. The van der Waals surface area contributed by atoms with Gasteiger partial charge in [-0.15, -0.1) is 0 Å². The molecule has 2 fully saturated rings. The number of benzene rings is 3. The minimum atomic E-state index is -0.935. The summed E-state index contributed by atoms with van der Waals surface area (Å²) >= 11 is 6.35. The number of nitrogens with zero attached hydrogens (tertiary/aromatic N) is 3. The molecule has 2 saturated heterocycles. The second kappa shape index (κ2) is 7.39. The minimum Gasteiger partial charge on any atom is -0.292 e. The van der Waals surface area contributed by atoms with Crippen molar-refractivity contribution in [3.05, 3.63) is 101 Å². The largest absolute Gasteiger partial charge is 0.292 e. The van der Waals surface area contributed by atoms with E-state index < -0.39 is 23.9 Å². The SMILES string of the molecule is O=C(c1ccccc1Cl)[C@@H]1[C@@H]2C(=O)N(c3ccccc3)C(=O)[C@H]2[C@@H]2c3ccccc3C=NN12. The summed E-state index contributed by atoms with van der Waals surface area (Å²) < 4.78 is 0. The summed E-state index contributed by atoms with van der Waals surface area (Å²) in [7, 11) is 0. The lowest BCUT2D eigenvalue weighted by Gasteiger charge is -2.33. The zero-order valence-corrected chi connectivity index (χ0v) is 18.1. The van der Waals surface area contributed by atoms with Gasteiger partial charge in [-0.2, -0.15) is 5.10 Å². The Labute approximate surface area is 195 Å². The van der Waals surface area contributed by atoms with Gasteiger partial charge in [0.15, 0.2) is 5.78 Å². The number of rotatable bonds is 3. The maximum Gasteiger partial charge on any atom is 0.240 e. The molecule has 4 atom stereocenters. The monoisotopic (exact) mass is 455 g/mol. The molecule has 3 aliphatic rings. The topological polar surface area (TPSA) is 70.0 Å². The fraction of sp³-hybridized carbons (Fsp3) is 0.154. The molecule has 0 bridgehead atoms. The van der Waals surface area contributed by atoms with Crippen molar-refractivity contribution in [1.82, 2.24) is 5.01 Å². The zero-order chi connectivity index (χ0) is 22.7. The van der Waals surface area contributed by atoms with Gasteiger partial charge in [0, 0.05) is 5.56 Å². The Kier molecular flexibility index (Phi) is 4.45. The van der Waals surface area contributed by atoms with Crippen molar-refractivity contribution >= 4 is 41.1 Å². The summed E-state index contributed by atoms with van der Waals surface area (Å²) in [5.74, 6) is -2.61. The van der Waals surface area contributed by atoms with Crippen LogP contribution >= 0.6 is 11.6 Å². The lowest BCUT2D eigenvalue weighted by Crippen LogP contribution is -2.44. The van der Waals surface area contributed by atoms with Crippen molar-refractivity contribution in [2.75, 3.05) is 4.90 Å². The van der Waals surface area contributed by atoms with E-state index >= 15 is 0 Å². The Morgan fingerprint density at radius 3 is 2.27 bits per heavy atom. The Morgan fingerprint density at radius 1 is 0.818 bits per heavy atom. The van der Waals surface area contributed by atoms with Gasteiger partial charge in [0.25, 0.3) is 0 Å². The summed E-state index contributed by atoms with van der Waals surface area (Å²) in [4.78, 5) is 42.5. The predicted octanol–water partition coefficient (Wildman–Crippen LogP) is 4.10. The van der Waals surface area contributed by atoms with E-state index in [1.54, 1.807) is 59.8 Å². The van der Waals surface area contributed by atoms with Gasteiger partial charge in [-0.25, -0.2) is 4.90 Å². The molecular formula is C26H18ClN3O3. The van der Waals surface area contributed by atoms with Crippen molar-refractivity contribution in [3.63, 3.8) is 0 Å². The molecule has 0 spiro atoms. The number of hydrogen-bond donors (Lipinski definition) is 0. The second-order valence-corrected chi connectivity index (χ2v) is 8.79. The van der Waals surface area contributed by atoms with E-state index in [0.29, 0.717) is 16.3 Å². The molecular weight excluding hydrogens is 438 g/mol. The molecule has 6 rings (SSSR count). The van der Waals surface area contributed by atoms with Gasteiger partial charge < -0.3 is 0 Å². The average Bonchev–Trinajstić information content (AvgIpc) is 3.32. The van der Waals surface area contributed by atoms with Crippen LogP contribution in [0.2, 0.25) is 5.02 Å². The number of carbonyl (C=O) groups excluding carboxylic acids is 3. The van der Waals surface area contributed by atoms with Crippen LogP contribution in [0.3, 0.4) is 0 Å². The Hall–Kier alpha value is -3.77. The lowest BCUT2D eigenvalue weighted by atomic mass is 9.83. The van der Waals surface area contributed by atoms with Gasteiger partial charge in [0.2, 0.25) is 11.8 Å². The number of imide groups is 1. The van der Waals surface area contributed by atoms with Crippen molar-refractivity contribution in [3.8, 4) is 0 Å². The van der Waals surface area contributed by atoms with E-state index in [-0.39, 0.29) is 17.6 Å². The molecule has 7 heteroatoms. The molecule has 33 heavy (non-hydrogen) atoms. The van der Waals surface area contributed by atoms with Crippen LogP contribution in [0, 0.1) is 11.8 Å². The van der Waals surface area contributed by atoms with E-state index in [2.05, 4.69) is 5.10 Å². The maximum atomic E-state index is 13.8. The molecule has 0 saturated carbocycles. The first-order valence-corrected chi connectivity index (χ1v) is 11.1. The van der Waals surface area contributed by atoms with Gasteiger partial charge >= 0.3 is 0 Å². The number of halogens is 1. The molecule has 3 aromatic rings. The number of fused-ring (bicyclic) bond motifs is 5. The van der Waals surface area contributed by atoms with Gasteiger partial charge in [-0.1, -0.05) is 66.2 Å². The quantitative estimate of drug-likeness (QED) is 0.440. The molecule has 3 aliphatic heterocycles. The van der Waals surface area contributed by atoms with Crippen LogP contribution in [0.5, 0.6) is 0 Å². The Bertz CT molecular complexity index is 1340. The first-order valence-electron chi connectivity index (χ1n) is 10.7. The fourth-order valence-corrected chi connectivity index (χ4v) is 5.55. The lowest BCUT2D eigenvalue weighted by molar-refractivity contribution is -0.124. The van der Waals surface area contributed by atoms with Crippen LogP contribution in [0.25, 0.3) is 0 Å². The maximum absolute atomic E-state index is 13.8.